The number of rotatable bonds is 6. The molecule has 6 heteroatoms. The second-order valence-electron chi connectivity index (χ2n) is 7.09. The first-order valence-corrected chi connectivity index (χ1v) is 9.12. The lowest BCUT2D eigenvalue weighted by Crippen LogP contribution is -2.41. The minimum absolute atomic E-state index is 0.0160. The average Bonchev–Trinajstić information content (AvgIpc) is 3.18. The van der Waals surface area contributed by atoms with Crippen molar-refractivity contribution in [2.24, 2.45) is 5.92 Å². The zero-order valence-corrected chi connectivity index (χ0v) is 14.9. The molecule has 4 rings (SSSR count). The molecule has 6 nitrogen and oxygen atoms in total. The van der Waals surface area contributed by atoms with Crippen molar-refractivity contribution in [2.75, 3.05) is 19.8 Å². The zero-order chi connectivity index (χ0) is 17.4. The van der Waals surface area contributed by atoms with Crippen LogP contribution in [0.1, 0.15) is 53.4 Å². The number of aryl methyl sites for hydroxylation is 1. The van der Waals surface area contributed by atoms with Crippen LogP contribution in [-0.4, -0.2) is 40.1 Å². The molecule has 0 unspecified atom stereocenters. The van der Waals surface area contributed by atoms with E-state index in [1.807, 2.05) is 24.9 Å². The maximum atomic E-state index is 12.8. The van der Waals surface area contributed by atoms with Crippen LogP contribution in [0.25, 0.3) is 0 Å². The van der Waals surface area contributed by atoms with Crippen LogP contribution in [0.2, 0.25) is 0 Å². The van der Waals surface area contributed by atoms with Crippen LogP contribution in [0, 0.1) is 12.8 Å². The Morgan fingerprint density at radius 2 is 2.24 bits per heavy atom. The van der Waals surface area contributed by atoms with Gasteiger partial charge in [-0.1, -0.05) is 0 Å². The Labute approximate surface area is 147 Å². The van der Waals surface area contributed by atoms with E-state index in [-0.39, 0.29) is 11.9 Å². The average molecular weight is 343 g/mol. The molecule has 1 fully saturated rings. The highest BCUT2D eigenvalue weighted by Gasteiger charge is 2.32. The van der Waals surface area contributed by atoms with Gasteiger partial charge in [-0.05, 0) is 38.7 Å². The van der Waals surface area contributed by atoms with Gasteiger partial charge in [0.15, 0.2) is 0 Å². The lowest BCUT2D eigenvalue weighted by atomic mass is 10.1. The molecule has 134 valence electrons. The number of aromatic nitrogens is 2. The SMILES string of the molecule is Cc1occc1C(=O)N1CCn2c(CCOCC3CC3)cnc2[C@H]1C. The van der Waals surface area contributed by atoms with Crippen LogP contribution in [-0.2, 0) is 17.7 Å². The number of ether oxygens (including phenoxy) is 1. The Balaban J connectivity index is 1.43. The number of hydrogen-bond donors (Lipinski definition) is 0. The number of furan rings is 1. The predicted octanol–water partition coefficient (Wildman–Crippen LogP) is 2.97. The van der Waals surface area contributed by atoms with Gasteiger partial charge in [0.1, 0.15) is 11.6 Å². The van der Waals surface area contributed by atoms with Crippen LogP contribution in [0.15, 0.2) is 22.9 Å². The van der Waals surface area contributed by atoms with Crippen molar-refractivity contribution in [3.63, 3.8) is 0 Å². The molecular weight excluding hydrogens is 318 g/mol. The molecule has 25 heavy (non-hydrogen) atoms. The second kappa shape index (κ2) is 6.67. The Bertz CT molecular complexity index is 760. The fraction of sp³-hybridized carbons (Fsp3) is 0.579. The monoisotopic (exact) mass is 343 g/mol. The summed E-state index contributed by atoms with van der Waals surface area (Å²) in [6.45, 7) is 6.96. The third kappa shape index (κ3) is 3.23. The summed E-state index contributed by atoms with van der Waals surface area (Å²) in [5.41, 5.74) is 1.84. The number of hydrogen-bond acceptors (Lipinski definition) is 4. The van der Waals surface area contributed by atoms with E-state index in [4.69, 9.17) is 9.15 Å². The number of carbonyl (C=O) groups is 1. The Morgan fingerprint density at radius 1 is 1.40 bits per heavy atom. The molecule has 0 saturated heterocycles. The first kappa shape index (κ1) is 16.4. The van der Waals surface area contributed by atoms with E-state index in [1.165, 1.54) is 18.5 Å². The summed E-state index contributed by atoms with van der Waals surface area (Å²) in [5, 5.41) is 0. The number of carbonyl (C=O) groups excluding carboxylic acids is 1. The van der Waals surface area contributed by atoms with E-state index < -0.39 is 0 Å². The zero-order valence-electron chi connectivity index (χ0n) is 14.9. The largest absolute Gasteiger partial charge is 0.469 e. The molecule has 2 aromatic heterocycles. The first-order valence-electron chi connectivity index (χ1n) is 9.12. The molecule has 0 bridgehead atoms. The van der Waals surface area contributed by atoms with Gasteiger partial charge in [0.2, 0.25) is 0 Å². The molecule has 2 aromatic rings. The first-order chi connectivity index (χ1) is 12.1. The summed E-state index contributed by atoms with van der Waals surface area (Å²) in [6, 6.07) is 1.70. The molecule has 1 atom stereocenters. The van der Waals surface area contributed by atoms with E-state index >= 15 is 0 Å². The molecule has 1 saturated carbocycles. The fourth-order valence-electron chi connectivity index (χ4n) is 3.51. The van der Waals surface area contributed by atoms with Gasteiger partial charge in [-0.15, -0.1) is 0 Å². The molecule has 1 amide bonds. The normalized spacial score (nSPS) is 19.9. The molecule has 0 N–H and O–H groups in total. The third-order valence-electron chi connectivity index (χ3n) is 5.28. The van der Waals surface area contributed by atoms with Gasteiger partial charge in [0, 0.05) is 38.0 Å². The van der Waals surface area contributed by atoms with Crippen molar-refractivity contribution in [2.45, 2.75) is 45.7 Å². The summed E-state index contributed by atoms with van der Waals surface area (Å²) < 4.78 is 13.3. The molecule has 3 heterocycles. The Morgan fingerprint density at radius 3 is 2.96 bits per heavy atom. The van der Waals surface area contributed by atoms with Gasteiger partial charge in [-0.3, -0.25) is 4.79 Å². The van der Waals surface area contributed by atoms with Crippen molar-refractivity contribution in [3.05, 3.63) is 41.4 Å². The van der Waals surface area contributed by atoms with Crippen LogP contribution >= 0.6 is 0 Å². The summed E-state index contributed by atoms with van der Waals surface area (Å²) in [6.07, 6.45) is 7.02. The summed E-state index contributed by atoms with van der Waals surface area (Å²) in [5.74, 6) is 2.44. The maximum absolute atomic E-state index is 12.8. The van der Waals surface area contributed by atoms with Gasteiger partial charge in [0.25, 0.3) is 5.91 Å². The molecule has 1 aliphatic heterocycles. The van der Waals surface area contributed by atoms with Gasteiger partial charge in [-0.25, -0.2) is 4.98 Å². The second-order valence-corrected chi connectivity index (χ2v) is 7.09. The van der Waals surface area contributed by atoms with Gasteiger partial charge in [0.05, 0.1) is 24.5 Å². The summed E-state index contributed by atoms with van der Waals surface area (Å²) in [7, 11) is 0. The number of nitrogens with zero attached hydrogens (tertiary/aromatic N) is 3. The number of fused-ring (bicyclic) bond motifs is 1. The smallest absolute Gasteiger partial charge is 0.258 e. The van der Waals surface area contributed by atoms with Crippen LogP contribution < -0.4 is 0 Å². The molecule has 2 aliphatic rings. The molecule has 0 aromatic carbocycles. The Kier molecular flexibility index (Phi) is 4.37. The third-order valence-corrected chi connectivity index (χ3v) is 5.28. The predicted molar refractivity (Wildman–Crippen MR) is 92.4 cm³/mol. The lowest BCUT2D eigenvalue weighted by molar-refractivity contribution is 0.0633. The minimum atomic E-state index is -0.0447. The fourth-order valence-corrected chi connectivity index (χ4v) is 3.51. The number of amides is 1. The topological polar surface area (TPSA) is 60.5 Å². The highest BCUT2D eigenvalue weighted by atomic mass is 16.5. The van der Waals surface area contributed by atoms with Crippen molar-refractivity contribution < 1.29 is 13.9 Å². The number of imidazole rings is 1. The van der Waals surface area contributed by atoms with Gasteiger partial charge < -0.3 is 18.6 Å². The highest BCUT2D eigenvalue weighted by molar-refractivity contribution is 5.95. The lowest BCUT2D eigenvalue weighted by Gasteiger charge is -2.34. The quantitative estimate of drug-likeness (QED) is 0.757. The van der Waals surface area contributed by atoms with Crippen molar-refractivity contribution in [1.29, 1.82) is 0 Å². The van der Waals surface area contributed by atoms with E-state index in [2.05, 4.69) is 9.55 Å². The highest BCUT2D eigenvalue weighted by Crippen LogP contribution is 2.29. The minimum Gasteiger partial charge on any atom is -0.469 e. The van der Waals surface area contributed by atoms with Gasteiger partial charge >= 0.3 is 0 Å². The van der Waals surface area contributed by atoms with Crippen LogP contribution in [0.3, 0.4) is 0 Å². The Hall–Kier alpha value is -2.08. The van der Waals surface area contributed by atoms with Crippen molar-refractivity contribution >= 4 is 5.91 Å². The van der Waals surface area contributed by atoms with E-state index in [9.17, 15) is 4.79 Å². The molecule has 0 spiro atoms. The van der Waals surface area contributed by atoms with Crippen LogP contribution in [0.5, 0.6) is 0 Å². The van der Waals surface area contributed by atoms with Gasteiger partial charge in [-0.2, -0.15) is 0 Å². The van der Waals surface area contributed by atoms with E-state index in [0.717, 1.165) is 37.9 Å². The standard InChI is InChI=1S/C19H25N3O3/c1-13-18-20-11-16(5-9-24-12-15-3-4-15)22(18)8-7-21(13)19(23)17-6-10-25-14(17)2/h6,10-11,13,15H,3-5,7-9,12H2,1-2H3/t13-/m1/s1. The van der Waals surface area contributed by atoms with E-state index in [0.29, 0.717) is 17.9 Å². The molecular formula is C19H25N3O3. The van der Waals surface area contributed by atoms with Crippen molar-refractivity contribution in [1.82, 2.24) is 14.5 Å². The maximum Gasteiger partial charge on any atom is 0.258 e. The summed E-state index contributed by atoms with van der Waals surface area (Å²) in [4.78, 5) is 19.3. The molecule has 1 aliphatic carbocycles. The van der Waals surface area contributed by atoms with Crippen molar-refractivity contribution in [3.8, 4) is 0 Å². The van der Waals surface area contributed by atoms with E-state index in [1.54, 1.807) is 12.3 Å². The molecule has 0 radical (unpaired) electrons. The van der Waals surface area contributed by atoms with Crippen LogP contribution in [0.4, 0.5) is 0 Å². The summed E-state index contributed by atoms with van der Waals surface area (Å²) >= 11 is 0.